The molecule has 0 bridgehead atoms. The molecule has 1 amide bonds. The first kappa shape index (κ1) is 19.7. The van der Waals surface area contributed by atoms with Crippen LogP contribution >= 0.6 is 0 Å². The molecule has 2 aliphatic heterocycles. The molecule has 9 heteroatoms. The Labute approximate surface area is 169 Å². The van der Waals surface area contributed by atoms with Gasteiger partial charge in [0.2, 0.25) is 0 Å². The minimum Gasteiger partial charge on any atom is -0.355 e. The van der Waals surface area contributed by atoms with Crippen LogP contribution in [0.2, 0.25) is 0 Å². The number of nitrogens with zero attached hydrogens (tertiary/aromatic N) is 2. The number of fused-ring (bicyclic) bond motifs is 1. The minimum atomic E-state index is -4.70. The van der Waals surface area contributed by atoms with E-state index in [0.29, 0.717) is 17.0 Å². The molecule has 154 valence electrons. The van der Waals surface area contributed by atoms with E-state index in [4.69, 9.17) is 0 Å². The first-order chi connectivity index (χ1) is 14.3. The molecule has 2 N–H and O–H groups in total. The van der Waals surface area contributed by atoms with E-state index in [1.54, 1.807) is 24.4 Å². The number of rotatable bonds is 4. The molecule has 1 aromatic heterocycles. The minimum absolute atomic E-state index is 0.169. The Balaban J connectivity index is 1.61. The number of alkyl halides is 3. The van der Waals surface area contributed by atoms with E-state index in [2.05, 4.69) is 15.6 Å². The molecule has 4 rings (SSSR count). The molecule has 30 heavy (non-hydrogen) atoms. The zero-order valence-corrected chi connectivity index (χ0v) is 15.4. The van der Waals surface area contributed by atoms with E-state index in [9.17, 15) is 22.4 Å². The molecule has 0 saturated heterocycles. The summed E-state index contributed by atoms with van der Waals surface area (Å²) in [5.41, 5.74) is 1.54. The smallest absolute Gasteiger partial charge is 0.355 e. The molecule has 0 fully saturated rings. The third kappa shape index (κ3) is 3.78. The maximum absolute atomic E-state index is 13.6. The average molecular weight is 416 g/mol. The number of halogens is 4. The first-order valence-electron chi connectivity index (χ1n) is 9.01. The SMILES string of the molecule is O=C(NC(c1cccnc1)C(F)(F)F)C1NC(c2ccc(F)cc2)=C2C=CC=CN21. The third-order valence-corrected chi connectivity index (χ3v) is 4.72. The highest BCUT2D eigenvalue weighted by Gasteiger charge is 2.44. The van der Waals surface area contributed by atoms with Crippen molar-refractivity contribution in [3.05, 3.63) is 95.9 Å². The standard InChI is InChI=1S/C21H16F4N4O/c22-15-8-6-13(7-9-15)17-16-5-1-2-11-29(16)19(27-17)20(30)28-18(21(23,24)25)14-4-3-10-26-12-14/h1-12,18-19,27H,(H,28,30). The van der Waals surface area contributed by atoms with E-state index in [1.807, 2.05) is 0 Å². The van der Waals surface area contributed by atoms with Crippen LogP contribution < -0.4 is 10.6 Å². The van der Waals surface area contributed by atoms with Crippen LogP contribution in [0.1, 0.15) is 17.2 Å². The van der Waals surface area contributed by atoms with Crippen LogP contribution in [0.15, 0.2) is 78.9 Å². The monoisotopic (exact) mass is 416 g/mol. The Bertz CT molecular complexity index is 1030. The van der Waals surface area contributed by atoms with Crippen LogP contribution in [0.5, 0.6) is 0 Å². The van der Waals surface area contributed by atoms with Crippen molar-refractivity contribution >= 4 is 11.6 Å². The van der Waals surface area contributed by atoms with Gasteiger partial charge in [0.15, 0.2) is 12.2 Å². The van der Waals surface area contributed by atoms with Crippen LogP contribution in [0, 0.1) is 5.82 Å². The summed E-state index contributed by atoms with van der Waals surface area (Å²) in [7, 11) is 0. The number of nitrogens with one attached hydrogen (secondary N) is 2. The number of carbonyl (C=O) groups excluding carboxylic acids is 1. The predicted octanol–water partition coefficient (Wildman–Crippen LogP) is 3.62. The van der Waals surface area contributed by atoms with Gasteiger partial charge >= 0.3 is 6.18 Å². The molecule has 0 spiro atoms. The molecule has 0 radical (unpaired) electrons. The maximum atomic E-state index is 13.6. The molecule has 0 saturated carbocycles. The van der Waals surface area contributed by atoms with Gasteiger partial charge in [-0.15, -0.1) is 0 Å². The van der Waals surface area contributed by atoms with Gasteiger partial charge in [-0.05, 0) is 48.0 Å². The van der Waals surface area contributed by atoms with Gasteiger partial charge < -0.3 is 15.5 Å². The normalized spacial score (nSPS) is 18.8. The van der Waals surface area contributed by atoms with Crippen molar-refractivity contribution in [3.8, 4) is 0 Å². The molecule has 5 nitrogen and oxygen atoms in total. The summed E-state index contributed by atoms with van der Waals surface area (Å²) in [4.78, 5) is 18.1. The van der Waals surface area contributed by atoms with E-state index in [0.717, 1.165) is 6.20 Å². The van der Waals surface area contributed by atoms with Crippen LogP contribution in [0.4, 0.5) is 17.6 Å². The average Bonchev–Trinajstić information content (AvgIpc) is 3.12. The quantitative estimate of drug-likeness (QED) is 0.748. The van der Waals surface area contributed by atoms with E-state index >= 15 is 0 Å². The topological polar surface area (TPSA) is 57.3 Å². The summed E-state index contributed by atoms with van der Waals surface area (Å²) in [6.07, 6.45) is 3.34. The van der Waals surface area contributed by atoms with Crippen molar-refractivity contribution in [2.24, 2.45) is 0 Å². The Hall–Kier alpha value is -3.62. The Morgan fingerprint density at radius 1 is 1.17 bits per heavy atom. The zero-order chi connectivity index (χ0) is 21.3. The van der Waals surface area contributed by atoms with Gasteiger partial charge in [0.1, 0.15) is 5.82 Å². The van der Waals surface area contributed by atoms with E-state index in [-0.39, 0.29) is 5.56 Å². The summed E-state index contributed by atoms with van der Waals surface area (Å²) in [6, 6.07) is 6.03. The fourth-order valence-corrected chi connectivity index (χ4v) is 3.33. The number of amides is 1. The number of allylic oxidation sites excluding steroid dienone is 3. The molecule has 2 aliphatic rings. The summed E-state index contributed by atoms with van der Waals surface area (Å²) >= 11 is 0. The number of hydrogen-bond donors (Lipinski definition) is 2. The van der Waals surface area contributed by atoms with Gasteiger partial charge in [0, 0.05) is 24.2 Å². The Morgan fingerprint density at radius 3 is 2.60 bits per heavy atom. The number of aromatic nitrogens is 1. The van der Waals surface area contributed by atoms with Crippen molar-refractivity contribution in [2.75, 3.05) is 0 Å². The van der Waals surface area contributed by atoms with Crippen molar-refractivity contribution in [2.45, 2.75) is 18.4 Å². The van der Waals surface area contributed by atoms with E-state index in [1.165, 1.54) is 47.5 Å². The number of hydrogen-bond acceptors (Lipinski definition) is 4. The van der Waals surface area contributed by atoms with Crippen LogP contribution in [-0.2, 0) is 4.79 Å². The predicted molar refractivity (Wildman–Crippen MR) is 102 cm³/mol. The van der Waals surface area contributed by atoms with Gasteiger partial charge in [0.05, 0.1) is 11.4 Å². The second-order valence-corrected chi connectivity index (χ2v) is 6.69. The van der Waals surface area contributed by atoms with Crippen LogP contribution in [-0.4, -0.2) is 28.1 Å². The maximum Gasteiger partial charge on any atom is 0.412 e. The summed E-state index contributed by atoms with van der Waals surface area (Å²) in [5.74, 6) is -1.28. The van der Waals surface area contributed by atoms with Gasteiger partial charge in [-0.2, -0.15) is 13.2 Å². The largest absolute Gasteiger partial charge is 0.412 e. The second kappa shape index (κ2) is 7.66. The Kier molecular flexibility index (Phi) is 5.03. The summed E-state index contributed by atoms with van der Waals surface area (Å²) in [5, 5.41) is 5.04. The van der Waals surface area contributed by atoms with Crippen LogP contribution in [0.25, 0.3) is 5.70 Å². The molecular formula is C21H16F4N4O. The van der Waals surface area contributed by atoms with Crippen LogP contribution in [0.3, 0.4) is 0 Å². The lowest BCUT2D eigenvalue weighted by atomic mass is 10.1. The number of pyridine rings is 1. The second-order valence-electron chi connectivity index (χ2n) is 6.69. The highest BCUT2D eigenvalue weighted by Crippen LogP contribution is 2.34. The molecular weight excluding hydrogens is 400 g/mol. The lowest BCUT2D eigenvalue weighted by molar-refractivity contribution is -0.164. The van der Waals surface area contributed by atoms with E-state index < -0.39 is 30.1 Å². The summed E-state index contributed by atoms with van der Waals surface area (Å²) in [6.45, 7) is 0. The molecule has 2 unspecified atom stereocenters. The van der Waals surface area contributed by atoms with Crippen molar-refractivity contribution in [3.63, 3.8) is 0 Å². The van der Waals surface area contributed by atoms with Gasteiger partial charge in [0.25, 0.3) is 5.91 Å². The molecule has 3 heterocycles. The van der Waals surface area contributed by atoms with Gasteiger partial charge in [-0.25, -0.2) is 4.39 Å². The van der Waals surface area contributed by atoms with Crippen molar-refractivity contribution < 1.29 is 22.4 Å². The fourth-order valence-electron chi connectivity index (χ4n) is 3.33. The van der Waals surface area contributed by atoms with Crippen molar-refractivity contribution in [1.29, 1.82) is 0 Å². The molecule has 2 aromatic rings. The van der Waals surface area contributed by atoms with Gasteiger partial charge in [-0.3, -0.25) is 9.78 Å². The highest BCUT2D eigenvalue weighted by atomic mass is 19.4. The molecule has 2 atom stereocenters. The fraction of sp³-hybridized carbons (Fsp3) is 0.143. The third-order valence-electron chi connectivity index (χ3n) is 4.72. The lowest BCUT2D eigenvalue weighted by Gasteiger charge is -2.28. The zero-order valence-electron chi connectivity index (χ0n) is 15.4. The highest BCUT2D eigenvalue weighted by molar-refractivity contribution is 5.88. The van der Waals surface area contributed by atoms with Crippen molar-refractivity contribution in [1.82, 2.24) is 20.5 Å². The first-order valence-corrected chi connectivity index (χ1v) is 9.01. The number of benzene rings is 1. The molecule has 1 aromatic carbocycles. The van der Waals surface area contributed by atoms with Gasteiger partial charge in [-0.1, -0.05) is 12.1 Å². The summed E-state index contributed by atoms with van der Waals surface area (Å²) < 4.78 is 54.1. The molecule has 0 aliphatic carbocycles. The number of carbonyl (C=O) groups is 1. The lowest BCUT2D eigenvalue weighted by Crippen LogP contribution is -2.51. The Morgan fingerprint density at radius 2 is 1.93 bits per heavy atom.